The van der Waals surface area contributed by atoms with Crippen LogP contribution in [0.3, 0.4) is 0 Å². The highest BCUT2D eigenvalue weighted by Gasteiger charge is 2.40. The van der Waals surface area contributed by atoms with Gasteiger partial charge < -0.3 is 9.80 Å². The number of piperidine rings is 1. The molecular formula is C25H23F2N5O3. The van der Waals surface area contributed by atoms with Crippen LogP contribution in [0.25, 0.3) is 0 Å². The van der Waals surface area contributed by atoms with Crippen LogP contribution in [0.15, 0.2) is 30.3 Å². The molecule has 0 saturated carbocycles. The van der Waals surface area contributed by atoms with Crippen LogP contribution in [-0.4, -0.2) is 59.7 Å². The quantitative estimate of drug-likeness (QED) is 0.674. The Kier molecular flexibility index (Phi) is 5.94. The number of rotatable bonds is 4. The Labute approximate surface area is 200 Å². The smallest absolute Gasteiger partial charge is 0.255 e. The van der Waals surface area contributed by atoms with E-state index >= 15 is 4.39 Å². The highest BCUT2D eigenvalue weighted by atomic mass is 19.1. The Morgan fingerprint density at radius 2 is 1.83 bits per heavy atom. The number of nitrogens with zero attached hydrogens (tertiary/aromatic N) is 4. The minimum Gasteiger partial charge on any atom is -0.367 e. The number of hydrogen-bond acceptors (Lipinski definition) is 6. The fraction of sp³-hybridized carbons (Fsp3) is 0.360. The average molecular weight is 479 g/mol. The number of anilines is 1. The zero-order chi connectivity index (χ0) is 24.7. The molecule has 0 aromatic heterocycles. The van der Waals surface area contributed by atoms with E-state index in [-0.39, 0.29) is 30.9 Å². The first kappa shape index (κ1) is 22.9. The second-order valence-electron chi connectivity index (χ2n) is 9.04. The molecule has 3 aliphatic rings. The minimum absolute atomic E-state index is 0.159. The van der Waals surface area contributed by atoms with Crippen molar-refractivity contribution in [3.8, 4) is 6.07 Å². The van der Waals surface area contributed by atoms with Crippen LogP contribution in [0.4, 0.5) is 14.5 Å². The van der Waals surface area contributed by atoms with Gasteiger partial charge in [0.25, 0.3) is 5.91 Å². The largest absolute Gasteiger partial charge is 0.367 e. The summed E-state index contributed by atoms with van der Waals surface area (Å²) in [6, 6.07) is 8.36. The zero-order valence-electron chi connectivity index (χ0n) is 18.9. The summed E-state index contributed by atoms with van der Waals surface area (Å²) >= 11 is 0. The standard InChI is InChI=1S/C25H23F2N5O3/c26-18-2-1-15(12-28)16(9-18)13-30-5-7-31(8-6-30)22-10-17-14-32(25(35)19(17)11-20(22)27)21-3-4-23(33)29-24(21)34/h1-2,9-11,21H,3-8,13-14H2,(H,29,33,34). The van der Waals surface area contributed by atoms with Crippen LogP contribution in [0, 0.1) is 23.0 Å². The van der Waals surface area contributed by atoms with Gasteiger partial charge >= 0.3 is 0 Å². The molecule has 10 heteroatoms. The maximum Gasteiger partial charge on any atom is 0.255 e. The average Bonchev–Trinajstić information content (AvgIpc) is 3.14. The summed E-state index contributed by atoms with van der Waals surface area (Å²) in [7, 11) is 0. The Morgan fingerprint density at radius 3 is 2.54 bits per heavy atom. The summed E-state index contributed by atoms with van der Waals surface area (Å²) in [6.07, 6.45) is 0.409. The van der Waals surface area contributed by atoms with Crippen LogP contribution in [0.1, 0.15) is 39.9 Å². The van der Waals surface area contributed by atoms with E-state index in [4.69, 9.17) is 0 Å². The molecule has 2 saturated heterocycles. The van der Waals surface area contributed by atoms with Crippen molar-refractivity contribution in [2.24, 2.45) is 0 Å². The van der Waals surface area contributed by atoms with Gasteiger partial charge in [-0.2, -0.15) is 5.26 Å². The topological polar surface area (TPSA) is 96.8 Å². The summed E-state index contributed by atoms with van der Waals surface area (Å²) < 4.78 is 28.7. The van der Waals surface area contributed by atoms with Gasteiger partial charge in [-0.05, 0) is 47.9 Å². The van der Waals surface area contributed by atoms with Crippen LogP contribution >= 0.6 is 0 Å². The van der Waals surface area contributed by atoms with Crippen molar-refractivity contribution in [1.29, 1.82) is 5.26 Å². The van der Waals surface area contributed by atoms with Crippen LogP contribution in [0.2, 0.25) is 0 Å². The predicted octanol–water partition coefficient (Wildman–Crippen LogP) is 1.92. The van der Waals surface area contributed by atoms with E-state index < -0.39 is 29.5 Å². The Hall–Kier alpha value is -3.84. The van der Waals surface area contributed by atoms with Gasteiger partial charge in [0.15, 0.2) is 0 Å². The molecule has 1 N–H and O–H groups in total. The van der Waals surface area contributed by atoms with Crippen molar-refractivity contribution in [2.75, 3.05) is 31.1 Å². The zero-order valence-corrected chi connectivity index (χ0v) is 18.9. The van der Waals surface area contributed by atoms with Crippen LogP contribution < -0.4 is 10.2 Å². The second kappa shape index (κ2) is 9.07. The number of nitrogens with one attached hydrogen (secondary N) is 1. The molecule has 0 radical (unpaired) electrons. The van der Waals surface area contributed by atoms with E-state index in [2.05, 4.69) is 16.3 Å². The molecule has 1 atom stereocenters. The molecule has 3 aliphatic heterocycles. The maximum atomic E-state index is 15.1. The number of carbonyl (C=O) groups is 3. The van der Waals surface area contributed by atoms with E-state index in [9.17, 15) is 24.0 Å². The van der Waals surface area contributed by atoms with Crippen molar-refractivity contribution in [1.82, 2.24) is 15.1 Å². The number of benzene rings is 2. The lowest BCUT2D eigenvalue weighted by Gasteiger charge is -2.36. The molecule has 2 aromatic rings. The van der Waals surface area contributed by atoms with Crippen molar-refractivity contribution in [3.05, 3.63) is 64.2 Å². The van der Waals surface area contributed by atoms with Crippen molar-refractivity contribution in [2.45, 2.75) is 32.0 Å². The van der Waals surface area contributed by atoms with E-state index in [1.54, 1.807) is 6.07 Å². The Morgan fingerprint density at radius 1 is 1.06 bits per heavy atom. The van der Waals surface area contributed by atoms with E-state index in [1.165, 1.54) is 29.2 Å². The first-order valence-corrected chi connectivity index (χ1v) is 11.5. The van der Waals surface area contributed by atoms with Crippen molar-refractivity contribution in [3.63, 3.8) is 0 Å². The third-order valence-corrected chi connectivity index (χ3v) is 6.89. The SMILES string of the molecule is N#Cc1ccc(F)cc1CN1CCN(c2cc3c(cc2F)C(=O)N(C2CCC(=O)NC2=O)C3)CC1. The van der Waals surface area contributed by atoms with Gasteiger partial charge in [-0.25, -0.2) is 8.78 Å². The number of halogens is 2. The van der Waals surface area contributed by atoms with Gasteiger partial charge in [0.1, 0.15) is 17.7 Å². The number of amides is 3. The monoisotopic (exact) mass is 479 g/mol. The van der Waals surface area contributed by atoms with E-state index in [0.29, 0.717) is 55.1 Å². The number of piperazine rings is 1. The van der Waals surface area contributed by atoms with Crippen LogP contribution in [-0.2, 0) is 22.7 Å². The number of nitriles is 1. The van der Waals surface area contributed by atoms with Crippen molar-refractivity contribution < 1.29 is 23.2 Å². The molecule has 0 bridgehead atoms. The normalized spacial score (nSPS) is 20.6. The third kappa shape index (κ3) is 4.35. The van der Waals surface area contributed by atoms with Gasteiger partial charge in [0, 0.05) is 51.3 Å². The first-order valence-electron chi connectivity index (χ1n) is 11.5. The van der Waals surface area contributed by atoms with E-state index in [1.807, 2.05) is 4.90 Å². The Bertz CT molecular complexity index is 1270. The molecule has 35 heavy (non-hydrogen) atoms. The maximum absolute atomic E-state index is 15.1. The molecule has 3 heterocycles. The van der Waals surface area contributed by atoms with Crippen molar-refractivity contribution >= 4 is 23.4 Å². The number of imide groups is 1. The number of hydrogen-bond donors (Lipinski definition) is 1. The Balaban J connectivity index is 1.27. The minimum atomic E-state index is -0.746. The van der Waals surface area contributed by atoms with Crippen LogP contribution in [0.5, 0.6) is 0 Å². The molecule has 0 aliphatic carbocycles. The summed E-state index contributed by atoms with van der Waals surface area (Å²) in [6.45, 7) is 2.86. The van der Waals surface area contributed by atoms with Gasteiger partial charge in [-0.3, -0.25) is 24.6 Å². The molecule has 5 rings (SSSR count). The summed E-state index contributed by atoms with van der Waals surface area (Å²) in [4.78, 5) is 42.0. The predicted molar refractivity (Wildman–Crippen MR) is 121 cm³/mol. The summed E-state index contributed by atoms with van der Waals surface area (Å²) in [5.41, 5.74) is 2.34. The molecule has 180 valence electrons. The highest BCUT2D eigenvalue weighted by molar-refractivity contribution is 6.05. The highest BCUT2D eigenvalue weighted by Crippen LogP contribution is 2.33. The molecule has 2 fully saturated rings. The summed E-state index contributed by atoms with van der Waals surface area (Å²) in [5.74, 6) is -2.17. The summed E-state index contributed by atoms with van der Waals surface area (Å²) in [5, 5.41) is 11.5. The van der Waals surface area contributed by atoms with Gasteiger partial charge in [0.2, 0.25) is 11.8 Å². The van der Waals surface area contributed by atoms with E-state index in [0.717, 1.165) is 0 Å². The van der Waals surface area contributed by atoms with Gasteiger partial charge in [0.05, 0.1) is 17.3 Å². The fourth-order valence-corrected chi connectivity index (χ4v) is 5.01. The fourth-order valence-electron chi connectivity index (χ4n) is 5.01. The molecule has 8 nitrogen and oxygen atoms in total. The first-order chi connectivity index (χ1) is 16.8. The number of fused-ring (bicyclic) bond motifs is 1. The lowest BCUT2D eigenvalue weighted by atomic mass is 10.0. The van der Waals surface area contributed by atoms with Gasteiger partial charge in [-0.1, -0.05) is 0 Å². The molecule has 2 aromatic carbocycles. The number of carbonyl (C=O) groups excluding carboxylic acids is 3. The molecular weight excluding hydrogens is 456 g/mol. The lowest BCUT2D eigenvalue weighted by Crippen LogP contribution is -2.52. The molecule has 0 spiro atoms. The van der Waals surface area contributed by atoms with Gasteiger partial charge in [-0.15, -0.1) is 0 Å². The molecule has 1 unspecified atom stereocenters. The third-order valence-electron chi connectivity index (χ3n) is 6.89. The lowest BCUT2D eigenvalue weighted by molar-refractivity contribution is -0.136. The second-order valence-corrected chi connectivity index (χ2v) is 9.04. The molecule has 3 amide bonds.